The van der Waals surface area contributed by atoms with Gasteiger partial charge in [-0.3, -0.25) is 4.79 Å². The fourth-order valence-corrected chi connectivity index (χ4v) is 5.08. The molecule has 7 heteroatoms. The van der Waals surface area contributed by atoms with Gasteiger partial charge in [0.2, 0.25) is 0 Å². The minimum Gasteiger partial charge on any atom is -0.493 e. The summed E-state index contributed by atoms with van der Waals surface area (Å²) in [6.45, 7) is 7.72. The van der Waals surface area contributed by atoms with Gasteiger partial charge in [0.1, 0.15) is 0 Å². The molecule has 2 aromatic rings. The highest BCUT2D eigenvalue weighted by Crippen LogP contribution is 2.35. The van der Waals surface area contributed by atoms with E-state index in [1.165, 1.54) is 0 Å². The number of ether oxygens (including phenoxy) is 2. The summed E-state index contributed by atoms with van der Waals surface area (Å²) in [5.41, 5.74) is 2.74. The Bertz CT molecular complexity index is 953. The van der Waals surface area contributed by atoms with Gasteiger partial charge in [-0.05, 0) is 61.6 Å². The van der Waals surface area contributed by atoms with E-state index < -0.39 is 0 Å². The number of amides is 1. The zero-order chi connectivity index (χ0) is 22.7. The second-order valence-corrected chi connectivity index (χ2v) is 9.18. The highest BCUT2D eigenvalue weighted by Gasteiger charge is 2.41. The van der Waals surface area contributed by atoms with E-state index in [9.17, 15) is 4.79 Å². The number of nitrogens with zero attached hydrogens (tertiary/aromatic N) is 2. The smallest absolute Gasteiger partial charge is 0.257 e. The monoisotopic (exact) mass is 457 g/mol. The average Bonchev–Trinajstić information content (AvgIpc) is 3.36. The fraction of sp³-hybridized carbons (Fsp3) is 0.480. The minimum absolute atomic E-state index is 0.0302. The third-order valence-corrected chi connectivity index (χ3v) is 7.04. The summed E-state index contributed by atoms with van der Waals surface area (Å²) in [5.74, 6) is 2.22. The van der Waals surface area contributed by atoms with Crippen molar-refractivity contribution in [2.45, 2.75) is 13.3 Å². The quantitative estimate of drug-likeness (QED) is 0.603. The van der Waals surface area contributed by atoms with Crippen LogP contribution in [0.3, 0.4) is 0 Å². The van der Waals surface area contributed by atoms with Crippen molar-refractivity contribution in [2.75, 3.05) is 58.8 Å². The number of methoxy groups -OCH3 is 2. The fourth-order valence-electron chi connectivity index (χ4n) is 4.90. The number of aryl methyl sites for hydroxylation is 1. The summed E-state index contributed by atoms with van der Waals surface area (Å²) in [7, 11) is 3.17. The number of benzene rings is 2. The summed E-state index contributed by atoms with van der Waals surface area (Å²) in [6.07, 6.45) is 1.08. The van der Waals surface area contributed by atoms with Gasteiger partial charge in [0.15, 0.2) is 11.5 Å². The first-order valence-electron chi connectivity index (χ1n) is 11.2. The Morgan fingerprint density at radius 2 is 1.84 bits per heavy atom. The molecule has 2 fully saturated rings. The SMILES string of the molecule is COc1cccc(C(=O)N2CC3CN(CCCNc4ccc(C)c(Cl)c4)CC3C2)c1OC. The van der Waals surface area contributed by atoms with Gasteiger partial charge in [-0.1, -0.05) is 23.7 Å². The van der Waals surface area contributed by atoms with Crippen LogP contribution >= 0.6 is 11.6 Å². The van der Waals surface area contributed by atoms with Crippen molar-refractivity contribution >= 4 is 23.2 Å². The van der Waals surface area contributed by atoms with Gasteiger partial charge in [0.25, 0.3) is 5.91 Å². The van der Waals surface area contributed by atoms with Crippen LogP contribution in [0.5, 0.6) is 11.5 Å². The molecule has 1 N–H and O–H groups in total. The number of carbonyl (C=O) groups is 1. The highest BCUT2D eigenvalue weighted by molar-refractivity contribution is 6.31. The van der Waals surface area contributed by atoms with Crippen LogP contribution in [0.25, 0.3) is 0 Å². The molecule has 32 heavy (non-hydrogen) atoms. The summed E-state index contributed by atoms with van der Waals surface area (Å²) in [5, 5.41) is 4.26. The van der Waals surface area contributed by atoms with Crippen molar-refractivity contribution < 1.29 is 14.3 Å². The molecule has 2 aliphatic heterocycles. The molecule has 172 valence electrons. The Morgan fingerprint density at radius 3 is 2.50 bits per heavy atom. The van der Waals surface area contributed by atoms with Gasteiger partial charge in [0, 0.05) is 43.4 Å². The summed E-state index contributed by atoms with van der Waals surface area (Å²) < 4.78 is 10.8. The second kappa shape index (κ2) is 10.0. The predicted molar refractivity (Wildman–Crippen MR) is 128 cm³/mol. The lowest BCUT2D eigenvalue weighted by Crippen LogP contribution is -2.34. The molecule has 2 saturated heterocycles. The molecule has 0 aromatic heterocycles. The molecule has 0 spiro atoms. The molecule has 0 saturated carbocycles. The Kier molecular flexibility index (Phi) is 7.11. The van der Waals surface area contributed by atoms with Crippen molar-refractivity contribution in [2.24, 2.45) is 11.8 Å². The second-order valence-electron chi connectivity index (χ2n) is 8.78. The topological polar surface area (TPSA) is 54.0 Å². The maximum Gasteiger partial charge on any atom is 0.257 e. The van der Waals surface area contributed by atoms with E-state index in [1.54, 1.807) is 14.2 Å². The third kappa shape index (κ3) is 4.81. The number of nitrogens with one attached hydrogen (secondary N) is 1. The lowest BCUT2D eigenvalue weighted by molar-refractivity contribution is 0.0770. The molecule has 2 aliphatic rings. The van der Waals surface area contributed by atoms with Crippen LogP contribution in [0.4, 0.5) is 5.69 Å². The number of anilines is 1. The van der Waals surface area contributed by atoms with Gasteiger partial charge in [-0.25, -0.2) is 0 Å². The van der Waals surface area contributed by atoms with E-state index in [-0.39, 0.29) is 5.91 Å². The number of hydrogen-bond donors (Lipinski definition) is 1. The Hall–Kier alpha value is -2.44. The van der Waals surface area contributed by atoms with Crippen LogP contribution in [-0.2, 0) is 0 Å². The highest BCUT2D eigenvalue weighted by atomic mass is 35.5. The van der Waals surface area contributed by atoms with Crippen molar-refractivity contribution in [1.29, 1.82) is 0 Å². The number of likely N-dealkylation sites (tertiary alicyclic amines) is 2. The van der Waals surface area contributed by atoms with Crippen molar-refractivity contribution in [3.05, 3.63) is 52.5 Å². The molecular weight excluding hydrogens is 426 g/mol. The van der Waals surface area contributed by atoms with Crippen LogP contribution in [0.2, 0.25) is 5.02 Å². The molecule has 2 unspecified atom stereocenters. The van der Waals surface area contributed by atoms with E-state index in [1.807, 2.05) is 42.2 Å². The van der Waals surface area contributed by atoms with E-state index in [2.05, 4.69) is 16.3 Å². The molecule has 2 heterocycles. The molecule has 1 amide bonds. The van der Waals surface area contributed by atoms with Gasteiger partial charge < -0.3 is 24.6 Å². The normalized spacial score (nSPS) is 20.3. The van der Waals surface area contributed by atoms with Crippen LogP contribution in [0, 0.1) is 18.8 Å². The lowest BCUT2D eigenvalue weighted by atomic mass is 10.0. The number of rotatable bonds is 8. The first-order valence-corrected chi connectivity index (χ1v) is 11.6. The average molecular weight is 458 g/mol. The Morgan fingerprint density at radius 1 is 1.09 bits per heavy atom. The van der Waals surface area contributed by atoms with Crippen LogP contribution in [0.1, 0.15) is 22.3 Å². The van der Waals surface area contributed by atoms with Gasteiger partial charge >= 0.3 is 0 Å². The van der Waals surface area contributed by atoms with E-state index >= 15 is 0 Å². The molecule has 0 aliphatic carbocycles. The first kappa shape index (κ1) is 22.7. The first-order chi connectivity index (χ1) is 15.5. The number of halogens is 1. The predicted octanol–water partition coefficient (Wildman–Crippen LogP) is 4.17. The molecule has 0 bridgehead atoms. The zero-order valence-electron chi connectivity index (χ0n) is 19.1. The van der Waals surface area contributed by atoms with E-state index in [0.29, 0.717) is 28.9 Å². The van der Waals surface area contributed by atoms with Crippen molar-refractivity contribution in [1.82, 2.24) is 9.80 Å². The lowest BCUT2D eigenvalue weighted by Gasteiger charge is -2.23. The van der Waals surface area contributed by atoms with Crippen LogP contribution < -0.4 is 14.8 Å². The molecular formula is C25H32ClN3O3. The molecule has 2 aromatic carbocycles. The van der Waals surface area contributed by atoms with E-state index in [0.717, 1.165) is 62.0 Å². The van der Waals surface area contributed by atoms with Crippen LogP contribution in [0.15, 0.2) is 36.4 Å². The summed E-state index contributed by atoms with van der Waals surface area (Å²) in [6, 6.07) is 11.6. The van der Waals surface area contributed by atoms with Gasteiger partial charge in [-0.2, -0.15) is 0 Å². The number of para-hydroxylation sites is 1. The molecule has 2 atom stereocenters. The van der Waals surface area contributed by atoms with Crippen LogP contribution in [-0.4, -0.2) is 69.2 Å². The minimum atomic E-state index is 0.0302. The maximum absolute atomic E-state index is 13.2. The molecule has 4 rings (SSSR count). The number of fused-ring (bicyclic) bond motifs is 1. The number of hydrogen-bond acceptors (Lipinski definition) is 5. The summed E-state index contributed by atoms with van der Waals surface area (Å²) in [4.78, 5) is 17.7. The third-order valence-electron chi connectivity index (χ3n) is 6.63. The van der Waals surface area contributed by atoms with E-state index in [4.69, 9.17) is 21.1 Å². The number of carbonyl (C=O) groups excluding carboxylic acids is 1. The van der Waals surface area contributed by atoms with Crippen molar-refractivity contribution in [3.63, 3.8) is 0 Å². The largest absolute Gasteiger partial charge is 0.493 e. The maximum atomic E-state index is 13.2. The summed E-state index contributed by atoms with van der Waals surface area (Å²) >= 11 is 6.20. The van der Waals surface area contributed by atoms with Crippen molar-refractivity contribution in [3.8, 4) is 11.5 Å². The standard InChI is InChI=1S/C25H32ClN3O3/c1-17-8-9-20(12-22(17)26)27-10-5-11-28-13-18-15-29(16-19(18)14-28)25(30)21-6-4-7-23(31-2)24(21)32-3/h4,6-9,12,18-19,27H,5,10-11,13-16H2,1-3H3. The zero-order valence-corrected chi connectivity index (χ0v) is 19.8. The molecule has 6 nitrogen and oxygen atoms in total. The van der Waals surface area contributed by atoms with Gasteiger partial charge in [0.05, 0.1) is 19.8 Å². The Labute approximate surface area is 195 Å². The molecule has 0 radical (unpaired) electrons. The van der Waals surface area contributed by atoms with Gasteiger partial charge in [-0.15, -0.1) is 0 Å². The Balaban J connectivity index is 1.25.